The molecule has 13 heavy (non-hydrogen) atoms. The normalized spacial score (nSPS) is 14.6. The van der Waals surface area contributed by atoms with Gasteiger partial charge in [0, 0.05) is 14.2 Å². The maximum absolute atomic E-state index is 11.7. The van der Waals surface area contributed by atoms with E-state index in [9.17, 15) is 9.13 Å². The van der Waals surface area contributed by atoms with E-state index in [1.165, 1.54) is 0 Å². The lowest BCUT2D eigenvalue weighted by Crippen LogP contribution is -2.22. The fraction of sp³-hybridized carbons (Fsp3) is 1.00. The van der Waals surface area contributed by atoms with Crippen LogP contribution in [0.2, 0.25) is 0 Å². The molecular formula is C5H14O6P2. The van der Waals surface area contributed by atoms with Crippen LogP contribution in [0.25, 0.3) is 0 Å². The van der Waals surface area contributed by atoms with Crippen molar-refractivity contribution >= 4 is 15.2 Å². The van der Waals surface area contributed by atoms with Crippen LogP contribution in [0, 0.1) is 0 Å². The Balaban J connectivity index is 5.26. The first-order valence-corrected chi connectivity index (χ1v) is 6.55. The van der Waals surface area contributed by atoms with Gasteiger partial charge in [0.2, 0.25) is 0 Å². The molecule has 0 aliphatic heterocycles. The lowest BCUT2D eigenvalue weighted by Gasteiger charge is -2.31. The van der Waals surface area contributed by atoms with Crippen molar-refractivity contribution in [3.05, 3.63) is 0 Å². The molecule has 0 aliphatic carbocycles. The fourth-order valence-corrected chi connectivity index (χ4v) is 3.49. The Hall–Kier alpha value is 0.300. The van der Waals surface area contributed by atoms with Gasteiger partial charge in [-0.15, -0.1) is 0 Å². The van der Waals surface area contributed by atoms with Gasteiger partial charge in [-0.25, -0.2) is 0 Å². The van der Waals surface area contributed by atoms with Crippen LogP contribution in [0.3, 0.4) is 0 Å². The van der Waals surface area contributed by atoms with Gasteiger partial charge >= 0.3 is 15.2 Å². The minimum absolute atomic E-state index is 1.09. The molecule has 0 bridgehead atoms. The number of hydrogen-bond donors (Lipinski definition) is 2. The van der Waals surface area contributed by atoms with Crippen LogP contribution in [0.4, 0.5) is 0 Å². The van der Waals surface area contributed by atoms with E-state index >= 15 is 0 Å². The van der Waals surface area contributed by atoms with Crippen LogP contribution < -0.4 is 0 Å². The fourth-order valence-electron chi connectivity index (χ4n) is 0.681. The van der Waals surface area contributed by atoms with Crippen molar-refractivity contribution in [3.63, 3.8) is 0 Å². The van der Waals surface area contributed by atoms with Crippen LogP contribution in [0.1, 0.15) is 13.8 Å². The van der Waals surface area contributed by atoms with E-state index in [1.54, 1.807) is 0 Å². The zero-order valence-corrected chi connectivity index (χ0v) is 9.71. The Morgan fingerprint density at radius 1 is 1.08 bits per heavy atom. The summed E-state index contributed by atoms with van der Waals surface area (Å²) in [6, 6.07) is 0. The second-order valence-electron chi connectivity index (χ2n) is 2.90. The first-order chi connectivity index (χ1) is 5.62. The molecule has 0 saturated heterocycles. The van der Waals surface area contributed by atoms with Gasteiger partial charge in [0.1, 0.15) is 0 Å². The third-order valence-corrected chi connectivity index (χ3v) is 7.11. The molecule has 0 rings (SSSR count). The molecule has 0 heterocycles. The summed E-state index contributed by atoms with van der Waals surface area (Å²) >= 11 is 0. The van der Waals surface area contributed by atoms with E-state index < -0.39 is 20.1 Å². The summed E-state index contributed by atoms with van der Waals surface area (Å²) in [5.74, 6) is 0. The van der Waals surface area contributed by atoms with Gasteiger partial charge in [0.25, 0.3) is 0 Å². The number of rotatable bonds is 4. The number of hydrogen-bond acceptors (Lipinski definition) is 4. The molecule has 0 amide bonds. The molecule has 0 spiro atoms. The molecule has 0 fully saturated rings. The van der Waals surface area contributed by atoms with Gasteiger partial charge in [0.05, 0.1) is 0 Å². The van der Waals surface area contributed by atoms with Gasteiger partial charge in [-0.2, -0.15) is 0 Å². The van der Waals surface area contributed by atoms with Crippen molar-refractivity contribution in [2.45, 2.75) is 18.7 Å². The zero-order chi connectivity index (χ0) is 10.9. The van der Waals surface area contributed by atoms with Crippen molar-refractivity contribution in [3.8, 4) is 0 Å². The molecule has 0 atom stereocenters. The van der Waals surface area contributed by atoms with Crippen molar-refractivity contribution in [2.75, 3.05) is 14.2 Å². The molecule has 0 aromatic carbocycles. The molecule has 0 aromatic heterocycles. The lowest BCUT2D eigenvalue weighted by atomic mass is 10.5. The van der Waals surface area contributed by atoms with Gasteiger partial charge in [0.15, 0.2) is 4.90 Å². The highest BCUT2D eigenvalue weighted by Crippen LogP contribution is 2.72. The maximum atomic E-state index is 11.7. The molecule has 2 N–H and O–H groups in total. The van der Waals surface area contributed by atoms with Crippen molar-refractivity contribution in [1.29, 1.82) is 0 Å². The lowest BCUT2D eigenvalue weighted by molar-refractivity contribution is 0.253. The molecule has 0 radical (unpaired) electrons. The first-order valence-electron chi connectivity index (χ1n) is 3.39. The maximum Gasteiger partial charge on any atom is 0.347 e. The average Bonchev–Trinajstić information content (AvgIpc) is 2.00. The molecule has 80 valence electrons. The third-order valence-electron chi connectivity index (χ3n) is 1.86. The molecular weight excluding hydrogens is 218 g/mol. The van der Waals surface area contributed by atoms with E-state index in [4.69, 9.17) is 9.79 Å². The summed E-state index contributed by atoms with van der Waals surface area (Å²) in [6.07, 6.45) is 0. The highest BCUT2D eigenvalue weighted by atomic mass is 31.2. The summed E-state index contributed by atoms with van der Waals surface area (Å²) in [6.45, 7) is 2.28. The van der Waals surface area contributed by atoms with E-state index in [0.717, 1.165) is 28.1 Å². The highest BCUT2D eigenvalue weighted by molar-refractivity contribution is 7.73. The van der Waals surface area contributed by atoms with E-state index in [-0.39, 0.29) is 0 Å². The average molecular weight is 232 g/mol. The standard InChI is InChI=1S/C5H14O6P2/c1-5(2,12(6,7)8)13(9,10-3)11-4/h1-4H3,(H2,6,7,8). The summed E-state index contributed by atoms with van der Waals surface area (Å²) in [5, 5.41) is 0. The van der Waals surface area contributed by atoms with Crippen LogP contribution in [-0.4, -0.2) is 28.9 Å². The molecule has 8 heteroatoms. The second-order valence-corrected chi connectivity index (χ2v) is 8.30. The van der Waals surface area contributed by atoms with Crippen LogP contribution in [-0.2, 0) is 18.2 Å². The summed E-state index contributed by atoms with van der Waals surface area (Å²) in [4.78, 5) is 16.0. The monoisotopic (exact) mass is 232 g/mol. The minimum atomic E-state index is -4.54. The SMILES string of the molecule is COP(=O)(OC)C(C)(C)P(=O)(O)O. The molecule has 0 aliphatic rings. The van der Waals surface area contributed by atoms with Crippen molar-refractivity contribution < 1.29 is 28.0 Å². The van der Waals surface area contributed by atoms with Crippen LogP contribution in [0.5, 0.6) is 0 Å². The predicted octanol–water partition coefficient (Wildman–Crippen LogP) is 1.39. The smallest absolute Gasteiger partial charge is 0.324 e. The Morgan fingerprint density at radius 3 is 1.46 bits per heavy atom. The summed E-state index contributed by atoms with van der Waals surface area (Å²) < 4.78 is 31.7. The Morgan fingerprint density at radius 2 is 1.38 bits per heavy atom. The van der Waals surface area contributed by atoms with Gasteiger partial charge in [-0.05, 0) is 13.8 Å². The molecule has 0 aromatic rings. The van der Waals surface area contributed by atoms with Gasteiger partial charge in [-0.3, -0.25) is 9.13 Å². The summed E-state index contributed by atoms with van der Waals surface area (Å²) in [7, 11) is -6.14. The predicted molar refractivity (Wildman–Crippen MR) is 47.7 cm³/mol. The van der Waals surface area contributed by atoms with E-state index in [0.29, 0.717) is 0 Å². The minimum Gasteiger partial charge on any atom is -0.324 e. The highest BCUT2D eigenvalue weighted by Gasteiger charge is 2.54. The van der Waals surface area contributed by atoms with Gasteiger partial charge < -0.3 is 18.8 Å². The Labute approximate surface area is 76.9 Å². The van der Waals surface area contributed by atoms with Crippen molar-refractivity contribution in [1.82, 2.24) is 0 Å². The second kappa shape index (κ2) is 3.81. The van der Waals surface area contributed by atoms with Crippen molar-refractivity contribution in [2.24, 2.45) is 0 Å². The van der Waals surface area contributed by atoms with Crippen LogP contribution in [0.15, 0.2) is 0 Å². The van der Waals surface area contributed by atoms with Crippen LogP contribution >= 0.6 is 15.2 Å². The van der Waals surface area contributed by atoms with E-state index in [1.807, 2.05) is 0 Å². The quantitative estimate of drug-likeness (QED) is 0.711. The third kappa shape index (κ3) is 2.21. The molecule has 6 nitrogen and oxygen atoms in total. The molecule has 0 unspecified atom stereocenters. The van der Waals surface area contributed by atoms with E-state index in [2.05, 4.69) is 9.05 Å². The Bertz CT molecular complexity index is 258. The first kappa shape index (κ1) is 13.3. The molecule has 0 saturated carbocycles. The Kier molecular flexibility index (Phi) is 3.90. The largest absolute Gasteiger partial charge is 0.347 e. The summed E-state index contributed by atoms with van der Waals surface area (Å²) in [5.41, 5.74) is 0. The topological polar surface area (TPSA) is 93.1 Å². The zero-order valence-electron chi connectivity index (χ0n) is 7.92. The van der Waals surface area contributed by atoms with Gasteiger partial charge in [-0.1, -0.05) is 0 Å².